The molecule has 0 amide bonds. The fourth-order valence-corrected chi connectivity index (χ4v) is 3.21. The number of halogens is 2. The standard InChI is InChI=1S/C15H21BrFNO/c1-2-7-18-15(11-4-3-8-19-10-11)13-6-5-12(17)9-14(13)16/h5-6,9,11,15,18H,2-4,7-8,10H2,1H3. The number of hydrogen-bond acceptors (Lipinski definition) is 2. The maximum atomic E-state index is 13.2. The molecule has 1 heterocycles. The van der Waals surface area contributed by atoms with E-state index in [-0.39, 0.29) is 11.9 Å². The van der Waals surface area contributed by atoms with E-state index in [2.05, 4.69) is 28.2 Å². The number of ether oxygens (including phenoxy) is 1. The highest BCUT2D eigenvalue weighted by Gasteiger charge is 2.26. The van der Waals surface area contributed by atoms with Crippen molar-refractivity contribution in [2.24, 2.45) is 5.92 Å². The third-order valence-electron chi connectivity index (χ3n) is 3.58. The summed E-state index contributed by atoms with van der Waals surface area (Å²) in [6.07, 6.45) is 3.35. The fraction of sp³-hybridized carbons (Fsp3) is 0.600. The molecular formula is C15H21BrFNO. The Balaban J connectivity index is 2.19. The van der Waals surface area contributed by atoms with Crippen molar-refractivity contribution in [3.05, 3.63) is 34.1 Å². The summed E-state index contributed by atoms with van der Waals surface area (Å²) in [5.41, 5.74) is 1.13. The van der Waals surface area contributed by atoms with E-state index in [0.29, 0.717) is 5.92 Å². The number of hydrogen-bond donors (Lipinski definition) is 1. The van der Waals surface area contributed by atoms with E-state index in [1.807, 2.05) is 6.07 Å². The van der Waals surface area contributed by atoms with Gasteiger partial charge in [0, 0.05) is 23.0 Å². The second-order valence-electron chi connectivity index (χ2n) is 5.07. The number of benzene rings is 1. The summed E-state index contributed by atoms with van der Waals surface area (Å²) in [4.78, 5) is 0. The summed E-state index contributed by atoms with van der Waals surface area (Å²) in [6.45, 7) is 4.76. The maximum absolute atomic E-state index is 13.2. The van der Waals surface area contributed by atoms with Gasteiger partial charge in [-0.15, -0.1) is 0 Å². The van der Waals surface area contributed by atoms with Crippen molar-refractivity contribution in [3.63, 3.8) is 0 Å². The highest BCUT2D eigenvalue weighted by Crippen LogP contribution is 2.33. The lowest BCUT2D eigenvalue weighted by Crippen LogP contribution is -2.34. The smallest absolute Gasteiger partial charge is 0.124 e. The Morgan fingerprint density at radius 2 is 2.37 bits per heavy atom. The second kappa shape index (κ2) is 7.36. The summed E-state index contributed by atoms with van der Waals surface area (Å²) in [5.74, 6) is 0.256. The first-order valence-electron chi connectivity index (χ1n) is 6.98. The lowest BCUT2D eigenvalue weighted by Gasteiger charge is -2.32. The lowest BCUT2D eigenvalue weighted by molar-refractivity contribution is 0.0389. The van der Waals surface area contributed by atoms with E-state index in [4.69, 9.17) is 4.74 Å². The molecule has 19 heavy (non-hydrogen) atoms. The zero-order valence-electron chi connectivity index (χ0n) is 11.3. The van der Waals surface area contributed by atoms with Crippen molar-refractivity contribution in [2.75, 3.05) is 19.8 Å². The monoisotopic (exact) mass is 329 g/mol. The van der Waals surface area contributed by atoms with Gasteiger partial charge in [0.15, 0.2) is 0 Å². The Kier molecular flexibility index (Phi) is 5.79. The van der Waals surface area contributed by atoms with Gasteiger partial charge in [0.1, 0.15) is 5.82 Å². The molecule has 0 bridgehead atoms. The van der Waals surface area contributed by atoms with Crippen LogP contribution in [0.25, 0.3) is 0 Å². The zero-order chi connectivity index (χ0) is 13.7. The molecule has 0 saturated carbocycles. The van der Waals surface area contributed by atoms with Gasteiger partial charge in [0.25, 0.3) is 0 Å². The third-order valence-corrected chi connectivity index (χ3v) is 4.27. The molecule has 106 valence electrons. The van der Waals surface area contributed by atoms with E-state index < -0.39 is 0 Å². The number of rotatable bonds is 5. The summed E-state index contributed by atoms with van der Waals surface area (Å²) in [7, 11) is 0. The Labute approximate surface area is 122 Å². The molecule has 1 aliphatic rings. The molecule has 0 spiro atoms. The van der Waals surface area contributed by atoms with Gasteiger partial charge in [-0.3, -0.25) is 0 Å². The molecule has 2 rings (SSSR count). The van der Waals surface area contributed by atoms with Crippen LogP contribution in [-0.4, -0.2) is 19.8 Å². The van der Waals surface area contributed by atoms with Crippen LogP contribution in [0, 0.1) is 11.7 Å². The van der Waals surface area contributed by atoms with E-state index in [1.54, 1.807) is 6.07 Å². The van der Waals surface area contributed by atoms with E-state index in [9.17, 15) is 4.39 Å². The average Bonchev–Trinajstić information content (AvgIpc) is 2.42. The Bertz CT molecular complexity index is 407. The van der Waals surface area contributed by atoms with Crippen LogP contribution >= 0.6 is 15.9 Å². The highest BCUT2D eigenvalue weighted by molar-refractivity contribution is 9.10. The Morgan fingerprint density at radius 3 is 3.00 bits per heavy atom. The van der Waals surface area contributed by atoms with Gasteiger partial charge in [-0.1, -0.05) is 28.9 Å². The predicted octanol–water partition coefficient (Wildman–Crippen LogP) is 4.06. The molecule has 2 atom stereocenters. The van der Waals surface area contributed by atoms with E-state index >= 15 is 0 Å². The van der Waals surface area contributed by atoms with Crippen molar-refractivity contribution < 1.29 is 9.13 Å². The van der Waals surface area contributed by atoms with Crippen molar-refractivity contribution in [1.82, 2.24) is 5.32 Å². The summed E-state index contributed by atoms with van der Waals surface area (Å²) >= 11 is 3.49. The summed E-state index contributed by atoms with van der Waals surface area (Å²) < 4.78 is 19.7. The molecule has 4 heteroatoms. The first-order valence-corrected chi connectivity index (χ1v) is 7.77. The second-order valence-corrected chi connectivity index (χ2v) is 5.93. The minimum Gasteiger partial charge on any atom is -0.381 e. The van der Waals surface area contributed by atoms with Crippen LogP contribution in [-0.2, 0) is 4.74 Å². The minimum absolute atomic E-state index is 0.204. The summed E-state index contributed by atoms with van der Waals surface area (Å²) in [5, 5.41) is 3.58. The predicted molar refractivity (Wildman–Crippen MR) is 78.7 cm³/mol. The largest absolute Gasteiger partial charge is 0.381 e. The van der Waals surface area contributed by atoms with Crippen LogP contribution < -0.4 is 5.32 Å². The van der Waals surface area contributed by atoms with E-state index in [0.717, 1.165) is 49.1 Å². The van der Waals surface area contributed by atoms with Gasteiger partial charge in [-0.25, -0.2) is 4.39 Å². The van der Waals surface area contributed by atoms with Crippen molar-refractivity contribution >= 4 is 15.9 Å². The van der Waals surface area contributed by atoms with Gasteiger partial charge in [-0.05, 0) is 43.5 Å². The van der Waals surface area contributed by atoms with Crippen LogP contribution in [0.1, 0.15) is 37.8 Å². The fourth-order valence-electron chi connectivity index (χ4n) is 2.61. The van der Waals surface area contributed by atoms with Gasteiger partial charge in [0.05, 0.1) is 6.61 Å². The van der Waals surface area contributed by atoms with Crippen molar-refractivity contribution in [3.8, 4) is 0 Å². The topological polar surface area (TPSA) is 21.3 Å². The zero-order valence-corrected chi connectivity index (χ0v) is 12.9. The van der Waals surface area contributed by atoms with Crippen molar-refractivity contribution in [2.45, 2.75) is 32.2 Å². The first-order chi connectivity index (χ1) is 9.22. The molecule has 2 nitrogen and oxygen atoms in total. The Hall–Kier alpha value is -0.450. The number of nitrogens with one attached hydrogen (secondary N) is 1. The van der Waals surface area contributed by atoms with Gasteiger partial charge < -0.3 is 10.1 Å². The first kappa shape index (κ1) is 14.9. The van der Waals surface area contributed by atoms with Gasteiger partial charge in [0.2, 0.25) is 0 Å². The molecule has 1 aromatic rings. The molecular weight excluding hydrogens is 309 g/mol. The molecule has 1 saturated heterocycles. The average molecular weight is 330 g/mol. The third kappa shape index (κ3) is 4.01. The van der Waals surface area contributed by atoms with Crippen LogP contribution in [0.3, 0.4) is 0 Å². The molecule has 1 fully saturated rings. The van der Waals surface area contributed by atoms with Crippen LogP contribution in [0.2, 0.25) is 0 Å². The molecule has 0 aliphatic carbocycles. The molecule has 0 aromatic heterocycles. The van der Waals surface area contributed by atoms with Crippen LogP contribution in [0.5, 0.6) is 0 Å². The normalized spacial score (nSPS) is 21.3. The highest BCUT2D eigenvalue weighted by atomic mass is 79.9. The molecule has 0 radical (unpaired) electrons. The van der Waals surface area contributed by atoms with Gasteiger partial charge >= 0.3 is 0 Å². The van der Waals surface area contributed by atoms with Crippen LogP contribution in [0.15, 0.2) is 22.7 Å². The molecule has 1 N–H and O–H groups in total. The molecule has 1 aromatic carbocycles. The van der Waals surface area contributed by atoms with E-state index in [1.165, 1.54) is 6.07 Å². The molecule has 1 aliphatic heterocycles. The lowest BCUT2D eigenvalue weighted by atomic mass is 9.88. The van der Waals surface area contributed by atoms with Crippen molar-refractivity contribution in [1.29, 1.82) is 0 Å². The maximum Gasteiger partial charge on any atom is 0.124 e. The quantitative estimate of drug-likeness (QED) is 0.879. The molecule has 2 unspecified atom stereocenters. The SMILES string of the molecule is CCCNC(c1ccc(F)cc1Br)C1CCCOC1. The van der Waals surface area contributed by atoms with Gasteiger partial charge in [-0.2, -0.15) is 0 Å². The minimum atomic E-state index is -0.204. The van der Waals surface area contributed by atoms with Crippen LogP contribution in [0.4, 0.5) is 4.39 Å². The Morgan fingerprint density at radius 1 is 1.53 bits per heavy atom. The summed E-state index contributed by atoms with van der Waals surface area (Å²) in [6, 6.07) is 5.18.